The van der Waals surface area contributed by atoms with Crippen LogP contribution >= 0.6 is 0 Å². The second kappa shape index (κ2) is 5.26. The molecular weight excluding hydrogens is 276 g/mol. The number of nitrogen functional groups attached to an aromatic ring is 1. The number of para-hydroxylation sites is 1. The van der Waals surface area contributed by atoms with E-state index in [4.69, 9.17) is 10.2 Å². The fourth-order valence-electron chi connectivity index (χ4n) is 2.86. The average molecular weight is 294 g/mol. The molecule has 1 aromatic heterocycles. The molecule has 112 valence electrons. The number of hydrogen-bond donors (Lipinski definition) is 1. The van der Waals surface area contributed by atoms with Gasteiger partial charge in [0.05, 0.1) is 0 Å². The van der Waals surface area contributed by atoms with Crippen molar-refractivity contribution < 1.29 is 4.42 Å². The fourth-order valence-corrected chi connectivity index (χ4v) is 2.86. The lowest BCUT2D eigenvalue weighted by atomic mass is 10.2. The van der Waals surface area contributed by atoms with Crippen LogP contribution < -0.4 is 15.5 Å². The Labute approximate surface area is 128 Å². The molecule has 5 nitrogen and oxygen atoms in total. The van der Waals surface area contributed by atoms with E-state index in [9.17, 15) is 0 Å². The minimum atomic E-state index is 0.688. The van der Waals surface area contributed by atoms with E-state index in [1.165, 1.54) is 5.69 Å². The summed E-state index contributed by atoms with van der Waals surface area (Å²) in [5.41, 5.74) is 9.38. The van der Waals surface area contributed by atoms with Gasteiger partial charge in [-0.15, -0.1) is 0 Å². The number of benzene rings is 2. The molecule has 1 aliphatic heterocycles. The SMILES string of the molecule is Nc1ccc2oc(N3CCN(c4ccccc4)CC3)nc2c1. The zero-order chi connectivity index (χ0) is 14.9. The molecule has 0 radical (unpaired) electrons. The summed E-state index contributed by atoms with van der Waals surface area (Å²) in [5.74, 6) is 0. The van der Waals surface area contributed by atoms with Crippen LogP contribution in [-0.4, -0.2) is 31.2 Å². The molecular formula is C17H18N4O. The van der Waals surface area contributed by atoms with Crippen LogP contribution in [0.15, 0.2) is 52.9 Å². The molecule has 5 heteroatoms. The van der Waals surface area contributed by atoms with Crippen molar-refractivity contribution in [3.63, 3.8) is 0 Å². The maximum atomic E-state index is 5.84. The highest BCUT2D eigenvalue weighted by Crippen LogP contribution is 2.25. The van der Waals surface area contributed by atoms with E-state index in [0.29, 0.717) is 11.7 Å². The van der Waals surface area contributed by atoms with E-state index in [0.717, 1.165) is 37.3 Å². The van der Waals surface area contributed by atoms with Gasteiger partial charge in [0.1, 0.15) is 5.52 Å². The molecule has 2 heterocycles. The second-order valence-corrected chi connectivity index (χ2v) is 5.53. The zero-order valence-electron chi connectivity index (χ0n) is 12.3. The quantitative estimate of drug-likeness (QED) is 0.736. The summed E-state index contributed by atoms with van der Waals surface area (Å²) in [6, 6.07) is 16.8. The molecule has 1 aliphatic rings. The van der Waals surface area contributed by atoms with Gasteiger partial charge < -0.3 is 20.0 Å². The van der Waals surface area contributed by atoms with Crippen LogP contribution in [0.4, 0.5) is 17.4 Å². The fraction of sp³-hybridized carbons (Fsp3) is 0.235. The number of nitrogens with zero attached hydrogens (tertiary/aromatic N) is 3. The number of fused-ring (bicyclic) bond motifs is 1. The van der Waals surface area contributed by atoms with Gasteiger partial charge in [-0.3, -0.25) is 0 Å². The van der Waals surface area contributed by atoms with Gasteiger partial charge in [-0.05, 0) is 30.3 Å². The first-order chi connectivity index (χ1) is 10.8. The molecule has 3 aromatic rings. The Morgan fingerprint density at radius 3 is 2.41 bits per heavy atom. The van der Waals surface area contributed by atoms with Gasteiger partial charge in [-0.25, -0.2) is 0 Å². The summed E-state index contributed by atoms with van der Waals surface area (Å²) in [4.78, 5) is 9.13. The molecule has 0 saturated carbocycles. The summed E-state index contributed by atoms with van der Waals surface area (Å²) in [6.45, 7) is 3.73. The van der Waals surface area contributed by atoms with Crippen LogP contribution in [0.1, 0.15) is 0 Å². The molecule has 0 spiro atoms. The Morgan fingerprint density at radius 1 is 0.909 bits per heavy atom. The second-order valence-electron chi connectivity index (χ2n) is 5.53. The third kappa shape index (κ3) is 2.35. The lowest BCUT2D eigenvalue weighted by Crippen LogP contribution is -2.46. The van der Waals surface area contributed by atoms with Crippen molar-refractivity contribution in [2.75, 3.05) is 41.7 Å². The first-order valence-corrected chi connectivity index (χ1v) is 7.50. The lowest BCUT2D eigenvalue weighted by molar-refractivity contribution is 0.542. The first-order valence-electron chi connectivity index (χ1n) is 7.50. The predicted octanol–water partition coefficient (Wildman–Crippen LogP) is 2.74. The van der Waals surface area contributed by atoms with Crippen LogP contribution in [0.2, 0.25) is 0 Å². The Balaban J connectivity index is 1.50. The van der Waals surface area contributed by atoms with Crippen LogP contribution in [0.3, 0.4) is 0 Å². The van der Waals surface area contributed by atoms with Gasteiger partial charge in [0.15, 0.2) is 5.58 Å². The average Bonchev–Trinajstić information content (AvgIpc) is 2.99. The summed E-state index contributed by atoms with van der Waals surface area (Å²) < 4.78 is 5.84. The molecule has 0 amide bonds. The number of rotatable bonds is 2. The van der Waals surface area contributed by atoms with Gasteiger partial charge in [0, 0.05) is 37.6 Å². The summed E-state index contributed by atoms with van der Waals surface area (Å²) in [5, 5.41) is 0. The van der Waals surface area contributed by atoms with Crippen molar-refractivity contribution in [2.45, 2.75) is 0 Å². The van der Waals surface area contributed by atoms with Crippen molar-refractivity contribution in [2.24, 2.45) is 0 Å². The van der Waals surface area contributed by atoms with Crippen molar-refractivity contribution >= 4 is 28.5 Å². The smallest absolute Gasteiger partial charge is 0.298 e. The van der Waals surface area contributed by atoms with Gasteiger partial charge in [0.25, 0.3) is 6.01 Å². The van der Waals surface area contributed by atoms with Gasteiger partial charge >= 0.3 is 0 Å². The summed E-state index contributed by atoms with van der Waals surface area (Å²) >= 11 is 0. The van der Waals surface area contributed by atoms with E-state index in [1.807, 2.05) is 24.3 Å². The standard InChI is InChI=1S/C17H18N4O/c18-13-6-7-16-15(12-13)19-17(22-16)21-10-8-20(9-11-21)14-4-2-1-3-5-14/h1-7,12H,8-11,18H2. The molecule has 0 unspecified atom stereocenters. The van der Waals surface area contributed by atoms with Crippen LogP contribution in [0.5, 0.6) is 0 Å². The largest absolute Gasteiger partial charge is 0.423 e. The predicted molar refractivity (Wildman–Crippen MR) is 89.3 cm³/mol. The van der Waals surface area contributed by atoms with Gasteiger partial charge in [0.2, 0.25) is 0 Å². The monoisotopic (exact) mass is 294 g/mol. The first kappa shape index (κ1) is 13.0. The zero-order valence-corrected chi connectivity index (χ0v) is 12.3. The molecule has 2 aromatic carbocycles. The van der Waals surface area contributed by atoms with Crippen molar-refractivity contribution in [3.8, 4) is 0 Å². The topological polar surface area (TPSA) is 58.5 Å². The molecule has 0 aliphatic carbocycles. The third-order valence-electron chi connectivity index (χ3n) is 4.07. The number of anilines is 3. The maximum absolute atomic E-state index is 5.84. The Morgan fingerprint density at radius 2 is 1.64 bits per heavy atom. The number of hydrogen-bond acceptors (Lipinski definition) is 5. The Bertz CT molecular complexity index is 776. The summed E-state index contributed by atoms with van der Waals surface area (Å²) in [7, 11) is 0. The molecule has 2 N–H and O–H groups in total. The number of aromatic nitrogens is 1. The molecule has 0 bridgehead atoms. The molecule has 1 fully saturated rings. The molecule has 0 atom stereocenters. The highest BCUT2D eigenvalue weighted by atomic mass is 16.4. The highest BCUT2D eigenvalue weighted by Gasteiger charge is 2.21. The van der Waals surface area contributed by atoms with Crippen molar-refractivity contribution in [1.82, 2.24) is 4.98 Å². The number of oxazole rings is 1. The van der Waals surface area contributed by atoms with E-state index in [1.54, 1.807) is 0 Å². The summed E-state index contributed by atoms with van der Waals surface area (Å²) in [6.07, 6.45) is 0. The van der Waals surface area contributed by atoms with E-state index in [-0.39, 0.29) is 0 Å². The Kier molecular flexibility index (Phi) is 3.11. The van der Waals surface area contributed by atoms with Gasteiger partial charge in [-0.1, -0.05) is 18.2 Å². The van der Waals surface area contributed by atoms with Crippen LogP contribution in [0.25, 0.3) is 11.1 Å². The van der Waals surface area contributed by atoms with Crippen molar-refractivity contribution in [1.29, 1.82) is 0 Å². The Hall–Kier alpha value is -2.69. The van der Waals surface area contributed by atoms with Crippen molar-refractivity contribution in [3.05, 3.63) is 48.5 Å². The molecule has 22 heavy (non-hydrogen) atoms. The van der Waals surface area contributed by atoms with E-state index < -0.39 is 0 Å². The lowest BCUT2D eigenvalue weighted by Gasteiger charge is -2.35. The molecule has 4 rings (SSSR count). The third-order valence-corrected chi connectivity index (χ3v) is 4.07. The minimum absolute atomic E-state index is 0.688. The molecule has 1 saturated heterocycles. The van der Waals surface area contributed by atoms with E-state index in [2.05, 4.69) is 39.0 Å². The van der Waals surface area contributed by atoms with E-state index >= 15 is 0 Å². The van der Waals surface area contributed by atoms with Gasteiger partial charge in [-0.2, -0.15) is 4.98 Å². The minimum Gasteiger partial charge on any atom is -0.423 e. The number of nitrogens with two attached hydrogens (primary N) is 1. The normalized spacial score (nSPS) is 15.5. The van der Waals surface area contributed by atoms with Crippen LogP contribution in [0, 0.1) is 0 Å². The highest BCUT2D eigenvalue weighted by molar-refractivity contribution is 5.78. The number of piperazine rings is 1. The maximum Gasteiger partial charge on any atom is 0.298 e. The van der Waals surface area contributed by atoms with Crippen LogP contribution in [-0.2, 0) is 0 Å².